The number of fused-ring (bicyclic) bond motifs is 2. The highest BCUT2D eigenvalue weighted by Crippen LogP contribution is 2.48. The maximum Gasteiger partial charge on any atom is 0.343 e. The number of aromatic nitrogens is 1. The number of thiophene rings is 1. The molecule has 4 aromatic carbocycles. The number of nitrogens with zero attached hydrogens (tertiary/aromatic N) is 1. The predicted molar refractivity (Wildman–Crippen MR) is 200 cm³/mol. The molecule has 0 saturated heterocycles. The van der Waals surface area contributed by atoms with Crippen molar-refractivity contribution in [2.45, 2.75) is 59.0 Å². The Morgan fingerprint density at radius 3 is 2.12 bits per heavy atom. The number of esters is 2. The first-order chi connectivity index (χ1) is 23.6. The highest BCUT2D eigenvalue weighted by Gasteiger charge is 2.28. The third-order valence-electron chi connectivity index (χ3n) is 8.19. The second-order valence-electron chi connectivity index (χ2n) is 13.0. The Bertz CT molecular complexity index is 2420. The number of hydrogen-bond acceptors (Lipinski definition) is 9. The van der Waals surface area contributed by atoms with E-state index in [4.69, 9.17) is 13.7 Å². The smallest absolute Gasteiger partial charge is 0.343 e. The Balaban J connectivity index is 1.41. The monoisotopic (exact) mass is 771 g/mol. The van der Waals surface area contributed by atoms with Gasteiger partial charge in [-0.1, -0.05) is 24.3 Å². The molecule has 2 heterocycles. The molecule has 6 rings (SSSR count). The van der Waals surface area contributed by atoms with E-state index in [9.17, 15) is 18.0 Å². The van der Waals surface area contributed by atoms with Crippen molar-refractivity contribution in [1.82, 2.24) is 4.98 Å². The molecule has 0 atom stereocenters. The summed E-state index contributed by atoms with van der Waals surface area (Å²) in [5.41, 5.74) is 3.62. The molecule has 256 valence electrons. The number of benzene rings is 4. The summed E-state index contributed by atoms with van der Waals surface area (Å²) in [5.74, 6) is -1.70. The lowest BCUT2D eigenvalue weighted by Crippen LogP contribution is -2.24. The van der Waals surface area contributed by atoms with Crippen LogP contribution >= 0.6 is 27.3 Å². The van der Waals surface area contributed by atoms with Crippen LogP contribution in [0.1, 0.15) is 63.1 Å². The SMILES string of the molecule is Cc1cc(-c2c3ccccc3c(Br)c3sc(C)c(C)c23)cc(C)c1OS(=O)(=O)c1ccc(C(=O)OC(C)(C)C)c(OC(=O)c2ccncc2)c1. The fraction of sp³-hybridized carbons (Fsp3) is 0.205. The summed E-state index contributed by atoms with van der Waals surface area (Å²) in [7, 11) is -4.47. The molecule has 0 unspecified atom stereocenters. The lowest BCUT2D eigenvalue weighted by Gasteiger charge is -2.21. The molecule has 6 aromatic rings. The molecule has 0 aliphatic rings. The van der Waals surface area contributed by atoms with Crippen molar-refractivity contribution in [2.75, 3.05) is 0 Å². The van der Waals surface area contributed by atoms with Crippen molar-refractivity contribution >= 4 is 70.2 Å². The van der Waals surface area contributed by atoms with E-state index in [0.29, 0.717) is 11.1 Å². The number of carbonyl (C=O) groups is 2. The Morgan fingerprint density at radius 2 is 1.48 bits per heavy atom. The van der Waals surface area contributed by atoms with Crippen molar-refractivity contribution < 1.29 is 31.7 Å². The average molecular weight is 773 g/mol. The van der Waals surface area contributed by atoms with Gasteiger partial charge in [-0.05, 0) is 139 Å². The first kappa shape index (κ1) is 35.3. The molecule has 0 spiro atoms. The Kier molecular flexibility index (Phi) is 9.36. The van der Waals surface area contributed by atoms with E-state index < -0.39 is 27.7 Å². The average Bonchev–Trinajstić information content (AvgIpc) is 3.36. The molecular formula is C39H34BrNO7S2. The van der Waals surface area contributed by atoms with E-state index >= 15 is 0 Å². The van der Waals surface area contributed by atoms with Gasteiger partial charge in [-0.25, -0.2) is 9.59 Å². The van der Waals surface area contributed by atoms with Gasteiger partial charge in [0.15, 0.2) is 0 Å². The standard InChI is InChI=1S/C39H34BrNO7S2/c1-21-18-26(33-28-10-8-9-11-29(28)34(40)36-32(33)23(3)24(4)49-36)19-22(2)35(21)48-50(44,45)27-12-13-30(38(43)47-39(5,6)7)31(20-27)46-37(42)25-14-16-41-17-15-25/h8-20H,1-7H3. The molecule has 0 saturated carbocycles. The topological polar surface area (TPSA) is 109 Å². The summed E-state index contributed by atoms with van der Waals surface area (Å²) < 4.78 is 46.7. The molecule has 0 aliphatic heterocycles. The van der Waals surface area contributed by atoms with E-state index in [0.717, 1.165) is 42.5 Å². The summed E-state index contributed by atoms with van der Waals surface area (Å²) >= 11 is 5.60. The molecule has 0 aliphatic carbocycles. The Hall–Kier alpha value is -4.58. The van der Waals surface area contributed by atoms with Crippen molar-refractivity contribution in [3.8, 4) is 22.6 Å². The molecule has 11 heteroatoms. The van der Waals surface area contributed by atoms with Crippen LogP contribution in [0.15, 0.2) is 88.5 Å². The molecule has 50 heavy (non-hydrogen) atoms. The highest BCUT2D eigenvalue weighted by molar-refractivity contribution is 9.11. The van der Waals surface area contributed by atoms with Crippen molar-refractivity contribution in [2.24, 2.45) is 0 Å². The number of aryl methyl sites for hydroxylation is 4. The Morgan fingerprint density at radius 1 is 0.840 bits per heavy atom. The number of pyridine rings is 1. The summed E-state index contributed by atoms with van der Waals surface area (Å²) in [6.45, 7) is 12.9. The van der Waals surface area contributed by atoms with Crippen LogP contribution < -0.4 is 8.92 Å². The zero-order valence-corrected chi connectivity index (χ0v) is 31.7. The largest absolute Gasteiger partial charge is 0.456 e. The van der Waals surface area contributed by atoms with Gasteiger partial charge in [-0.15, -0.1) is 11.3 Å². The van der Waals surface area contributed by atoms with Crippen molar-refractivity contribution in [3.63, 3.8) is 0 Å². The van der Waals surface area contributed by atoms with E-state index in [1.807, 2.05) is 24.3 Å². The summed E-state index contributed by atoms with van der Waals surface area (Å²) in [5, 5.41) is 3.31. The van der Waals surface area contributed by atoms with Gasteiger partial charge in [0.1, 0.15) is 27.6 Å². The summed E-state index contributed by atoms with van der Waals surface area (Å²) in [4.78, 5) is 30.9. The molecule has 0 amide bonds. The lowest BCUT2D eigenvalue weighted by atomic mass is 9.91. The number of rotatable bonds is 7. The second kappa shape index (κ2) is 13.3. The van der Waals surface area contributed by atoms with E-state index in [-0.39, 0.29) is 27.5 Å². The zero-order chi connectivity index (χ0) is 36.1. The van der Waals surface area contributed by atoms with Gasteiger partial charge < -0.3 is 13.7 Å². The molecule has 2 aromatic heterocycles. The zero-order valence-electron chi connectivity index (χ0n) is 28.5. The van der Waals surface area contributed by atoms with Gasteiger partial charge >= 0.3 is 22.1 Å². The summed E-state index contributed by atoms with van der Waals surface area (Å²) in [6.07, 6.45) is 2.83. The van der Waals surface area contributed by atoms with Crippen LogP contribution in [0.5, 0.6) is 11.5 Å². The van der Waals surface area contributed by atoms with Crippen LogP contribution in [-0.4, -0.2) is 30.9 Å². The number of halogens is 1. The van der Waals surface area contributed by atoms with Crippen LogP contribution in [0.3, 0.4) is 0 Å². The van der Waals surface area contributed by atoms with Crippen LogP contribution in [0.2, 0.25) is 0 Å². The minimum Gasteiger partial charge on any atom is -0.456 e. The maximum absolute atomic E-state index is 13.8. The van der Waals surface area contributed by atoms with Gasteiger partial charge in [0.25, 0.3) is 0 Å². The molecule has 8 nitrogen and oxygen atoms in total. The third kappa shape index (κ3) is 6.77. The quantitative estimate of drug-likeness (QED) is 0.0897. The number of ether oxygens (including phenoxy) is 2. The number of carbonyl (C=O) groups excluding carboxylic acids is 2. The lowest BCUT2D eigenvalue weighted by molar-refractivity contribution is 0.00666. The second-order valence-corrected chi connectivity index (χ2v) is 16.5. The van der Waals surface area contributed by atoms with Gasteiger partial charge in [0.2, 0.25) is 0 Å². The third-order valence-corrected chi connectivity index (χ3v) is 11.7. The van der Waals surface area contributed by atoms with Crippen LogP contribution in [0.4, 0.5) is 0 Å². The van der Waals surface area contributed by atoms with Gasteiger partial charge in [0.05, 0.1) is 10.3 Å². The fourth-order valence-electron chi connectivity index (χ4n) is 5.81. The Labute approximate surface area is 303 Å². The first-order valence-corrected chi connectivity index (χ1v) is 18.7. The normalized spacial score (nSPS) is 11.9. The molecule has 0 N–H and O–H groups in total. The van der Waals surface area contributed by atoms with Crippen LogP contribution in [-0.2, 0) is 14.9 Å². The number of hydrogen-bond donors (Lipinski definition) is 0. The maximum atomic E-state index is 13.8. The predicted octanol–water partition coefficient (Wildman–Crippen LogP) is 10.1. The molecule has 0 radical (unpaired) electrons. The van der Waals surface area contributed by atoms with E-state index in [1.54, 1.807) is 46.0 Å². The molecule has 0 bridgehead atoms. The van der Waals surface area contributed by atoms with Crippen molar-refractivity contribution in [3.05, 3.63) is 116 Å². The van der Waals surface area contributed by atoms with Crippen LogP contribution in [0.25, 0.3) is 32.0 Å². The summed E-state index contributed by atoms with van der Waals surface area (Å²) in [6, 6.07) is 18.5. The first-order valence-electron chi connectivity index (χ1n) is 15.7. The minimum atomic E-state index is -4.47. The van der Waals surface area contributed by atoms with E-state index in [2.05, 4.69) is 46.9 Å². The molecule has 0 fully saturated rings. The van der Waals surface area contributed by atoms with E-state index in [1.165, 1.54) is 47.1 Å². The minimum absolute atomic E-state index is 0.120. The van der Waals surface area contributed by atoms with Gasteiger partial charge in [-0.3, -0.25) is 4.98 Å². The van der Waals surface area contributed by atoms with Gasteiger partial charge in [-0.2, -0.15) is 8.42 Å². The van der Waals surface area contributed by atoms with Crippen molar-refractivity contribution in [1.29, 1.82) is 0 Å². The van der Waals surface area contributed by atoms with Gasteiger partial charge in [0, 0.05) is 33.2 Å². The highest BCUT2D eigenvalue weighted by atomic mass is 79.9. The molecular weight excluding hydrogens is 738 g/mol. The van der Waals surface area contributed by atoms with Crippen LogP contribution in [0, 0.1) is 27.7 Å². The fourth-order valence-corrected chi connectivity index (χ4v) is 8.78.